The largest absolute Gasteiger partial charge is 0.399 e. The van der Waals surface area contributed by atoms with Crippen LogP contribution in [0.15, 0.2) is 30.4 Å². The molecule has 118 valence electrons. The second-order valence-corrected chi connectivity index (χ2v) is 4.61. The Morgan fingerprint density at radius 3 is 2.70 bits per heavy atom. The third-order valence-electron chi connectivity index (χ3n) is 2.80. The average Bonchev–Trinajstić information content (AvgIpc) is 2.54. The number of likely N-dealkylation sites (N-methyl/N-ethyl adjacent to an activating group) is 1. The molecule has 1 aromatic rings. The van der Waals surface area contributed by atoms with E-state index in [0.29, 0.717) is 31.1 Å². The van der Waals surface area contributed by atoms with Crippen molar-refractivity contribution in [3.05, 3.63) is 30.4 Å². The fraction of sp³-hybridized carbons (Fsp3) is 0.263. The van der Waals surface area contributed by atoms with Crippen molar-refractivity contribution < 1.29 is 4.74 Å². The molecule has 0 radical (unpaired) electrons. The zero-order chi connectivity index (χ0) is 16.9. The molecule has 0 bridgehead atoms. The molecule has 4 heteroatoms. The Kier molecular flexibility index (Phi) is 8.39. The first-order chi connectivity index (χ1) is 11.1. The van der Waals surface area contributed by atoms with Crippen LogP contribution in [0.3, 0.4) is 0 Å². The third kappa shape index (κ3) is 7.53. The van der Waals surface area contributed by atoms with E-state index in [9.17, 15) is 0 Å². The van der Waals surface area contributed by atoms with Crippen LogP contribution in [0.4, 0.5) is 17.1 Å². The first kappa shape index (κ1) is 18.1. The summed E-state index contributed by atoms with van der Waals surface area (Å²) < 4.78 is 5.34. The minimum Gasteiger partial charge on any atom is -0.399 e. The topological polar surface area (TPSA) is 64.5 Å². The van der Waals surface area contributed by atoms with E-state index in [1.807, 2.05) is 36.2 Å². The summed E-state index contributed by atoms with van der Waals surface area (Å²) in [5.74, 6) is 16.0. The van der Waals surface area contributed by atoms with Gasteiger partial charge in [-0.1, -0.05) is 24.0 Å². The Morgan fingerprint density at radius 2 is 1.91 bits per heavy atom. The first-order valence-electron chi connectivity index (χ1n) is 7.13. The van der Waals surface area contributed by atoms with E-state index in [2.05, 4.69) is 35.5 Å². The summed E-state index contributed by atoms with van der Waals surface area (Å²) in [6, 6.07) is 5.46. The molecule has 0 fully saturated rings. The van der Waals surface area contributed by atoms with E-state index >= 15 is 0 Å². The van der Waals surface area contributed by atoms with Gasteiger partial charge < -0.3 is 21.1 Å². The maximum absolute atomic E-state index is 5.94. The van der Waals surface area contributed by atoms with Gasteiger partial charge in [-0.2, -0.15) is 0 Å². The maximum atomic E-state index is 5.94. The van der Waals surface area contributed by atoms with Crippen molar-refractivity contribution in [1.29, 1.82) is 0 Å². The number of nitrogens with two attached hydrogens (primary N) is 2. The van der Waals surface area contributed by atoms with Crippen LogP contribution in [0.1, 0.15) is 6.92 Å². The van der Waals surface area contributed by atoms with Crippen LogP contribution in [0.5, 0.6) is 0 Å². The molecule has 4 N–H and O–H groups in total. The average molecular weight is 307 g/mol. The van der Waals surface area contributed by atoms with Gasteiger partial charge in [0, 0.05) is 19.3 Å². The number of rotatable bonds is 6. The third-order valence-corrected chi connectivity index (χ3v) is 2.80. The molecule has 0 saturated carbocycles. The molecule has 0 aliphatic heterocycles. The monoisotopic (exact) mass is 307 g/mol. The summed E-state index contributed by atoms with van der Waals surface area (Å²) in [5.41, 5.74) is 14.0. The molecule has 0 amide bonds. The Labute approximate surface area is 138 Å². The number of nitrogen functional groups attached to an aromatic ring is 2. The van der Waals surface area contributed by atoms with Crippen molar-refractivity contribution in [3.63, 3.8) is 0 Å². The van der Waals surface area contributed by atoms with Crippen molar-refractivity contribution in [1.82, 2.24) is 0 Å². The summed E-state index contributed by atoms with van der Waals surface area (Å²) in [7, 11) is 1.96. The van der Waals surface area contributed by atoms with E-state index in [4.69, 9.17) is 16.2 Å². The Morgan fingerprint density at radius 1 is 1.13 bits per heavy atom. The summed E-state index contributed by atoms with van der Waals surface area (Å²) in [5, 5.41) is 0. The quantitative estimate of drug-likeness (QED) is 0.365. The van der Waals surface area contributed by atoms with Gasteiger partial charge in [-0.3, -0.25) is 0 Å². The van der Waals surface area contributed by atoms with Crippen LogP contribution in [-0.4, -0.2) is 26.8 Å². The molecule has 1 aromatic carbocycles. The Bertz CT molecular complexity index is 718. The number of anilines is 3. The molecule has 0 aliphatic rings. The van der Waals surface area contributed by atoms with Crippen LogP contribution < -0.4 is 16.4 Å². The minimum absolute atomic E-state index is 0.344. The summed E-state index contributed by atoms with van der Waals surface area (Å²) in [6.07, 6.45) is 3.95. The van der Waals surface area contributed by atoms with E-state index in [1.165, 1.54) is 0 Å². The predicted octanol–water partition coefficient (Wildman–Crippen LogP) is 1.89. The summed E-state index contributed by atoms with van der Waals surface area (Å²) >= 11 is 0. The highest BCUT2D eigenvalue weighted by Crippen LogP contribution is 2.24. The lowest BCUT2D eigenvalue weighted by molar-refractivity contribution is 0.199. The zero-order valence-electron chi connectivity index (χ0n) is 13.5. The predicted molar refractivity (Wildman–Crippen MR) is 97.5 cm³/mol. The van der Waals surface area contributed by atoms with Gasteiger partial charge in [0.1, 0.15) is 6.61 Å². The van der Waals surface area contributed by atoms with E-state index in [1.54, 1.807) is 13.0 Å². The molecule has 0 aliphatic carbocycles. The highest BCUT2D eigenvalue weighted by Gasteiger charge is 2.03. The lowest BCUT2D eigenvalue weighted by Gasteiger charge is -2.19. The van der Waals surface area contributed by atoms with Crippen molar-refractivity contribution in [3.8, 4) is 35.5 Å². The van der Waals surface area contributed by atoms with Gasteiger partial charge in [0.25, 0.3) is 0 Å². The highest BCUT2D eigenvalue weighted by molar-refractivity contribution is 5.71. The second kappa shape index (κ2) is 10.7. The van der Waals surface area contributed by atoms with Gasteiger partial charge in [0.2, 0.25) is 0 Å². The highest BCUT2D eigenvalue weighted by atomic mass is 16.5. The lowest BCUT2D eigenvalue weighted by atomic mass is 10.2. The number of nitrogens with zero attached hydrogens (tertiary/aromatic N) is 1. The van der Waals surface area contributed by atoms with Gasteiger partial charge >= 0.3 is 0 Å². The molecule has 23 heavy (non-hydrogen) atoms. The Balaban J connectivity index is 2.30. The van der Waals surface area contributed by atoms with Crippen molar-refractivity contribution >= 4 is 17.1 Å². The van der Waals surface area contributed by atoms with Crippen LogP contribution in [0, 0.1) is 35.5 Å². The number of hydrogen-bond acceptors (Lipinski definition) is 4. The van der Waals surface area contributed by atoms with E-state index in [-0.39, 0.29) is 0 Å². The van der Waals surface area contributed by atoms with Gasteiger partial charge in [-0.15, -0.1) is 0 Å². The zero-order valence-corrected chi connectivity index (χ0v) is 13.5. The fourth-order valence-electron chi connectivity index (χ4n) is 1.67. The normalized spacial score (nSPS) is 9.13. The minimum atomic E-state index is 0.344. The number of benzene rings is 1. The molecule has 0 atom stereocenters. The first-order valence-corrected chi connectivity index (χ1v) is 7.13. The van der Waals surface area contributed by atoms with Gasteiger partial charge in [-0.25, -0.2) is 0 Å². The molecule has 0 unspecified atom stereocenters. The Hall–Kier alpha value is -3.00. The van der Waals surface area contributed by atoms with Crippen LogP contribution in [0.2, 0.25) is 0 Å². The smallest absolute Gasteiger partial charge is 0.109 e. The molecule has 0 spiro atoms. The van der Waals surface area contributed by atoms with Crippen LogP contribution >= 0.6 is 0 Å². The SMILES string of the molecule is CC#CC#CC#CCOCC=CCN(C)c1cc(N)ccc1N. The molecule has 0 aromatic heterocycles. The van der Waals surface area contributed by atoms with Gasteiger partial charge in [0.15, 0.2) is 0 Å². The van der Waals surface area contributed by atoms with Crippen molar-refractivity contribution in [2.75, 3.05) is 43.2 Å². The number of ether oxygens (including phenoxy) is 1. The molecule has 0 heterocycles. The molecule has 0 saturated heterocycles. The van der Waals surface area contributed by atoms with Gasteiger partial charge in [-0.05, 0) is 48.8 Å². The summed E-state index contributed by atoms with van der Waals surface area (Å²) in [4.78, 5) is 2.02. The second-order valence-electron chi connectivity index (χ2n) is 4.61. The summed E-state index contributed by atoms with van der Waals surface area (Å²) in [6.45, 7) is 3.29. The van der Waals surface area contributed by atoms with Crippen molar-refractivity contribution in [2.45, 2.75) is 6.92 Å². The van der Waals surface area contributed by atoms with Crippen molar-refractivity contribution in [2.24, 2.45) is 0 Å². The molecule has 1 rings (SSSR count). The fourth-order valence-corrected chi connectivity index (χ4v) is 1.67. The maximum Gasteiger partial charge on any atom is 0.109 e. The van der Waals surface area contributed by atoms with Crippen LogP contribution in [0.25, 0.3) is 0 Å². The van der Waals surface area contributed by atoms with E-state index in [0.717, 1.165) is 5.69 Å². The molecule has 4 nitrogen and oxygen atoms in total. The molecular formula is C19H21N3O. The number of hydrogen-bond donors (Lipinski definition) is 2. The standard InChI is InChI=1S/C19H21N3O/c1-3-4-5-6-7-9-14-23-15-10-8-13-22(2)19-16-17(20)11-12-18(19)21/h8,10-12,16H,13-15,20-21H2,1-2H3. The van der Waals surface area contributed by atoms with Crippen LogP contribution in [-0.2, 0) is 4.74 Å². The van der Waals surface area contributed by atoms with Gasteiger partial charge in [0.05, 0.1) is 18.0 Å². The van der Waals surface area contributed by atoms with E-state index < -0.39 is 0 Å². The molecular weight excluding hydrogens is 286 g/mol. The lowest BCUT2D eigenvalue weighted by Crippen LogP contribution is -2.18.